The third-order valence-electron chi connectivity index (χ3n) is 7.06. The molecule has 234 valence electrons. The minimum Gasteiger partial charge on any atom is -0.444 e. The van der Waals surface area contributed by atoms with E-state index < -0.39 is 52.0 Å². The summed E-state index contributed by atoms with van der Waals surface area (Å²) in [6.07, 6.45) is 3.34. The highest BCUT2D eigenvalue weighted by Gasteiger charge is 2.41. The summed E-state index contributed by atoms with van der Waals surface area (Å²) in [6, 6.07) is 4.41. The molecule has 0 radical (unpaired) electrons. The van der Waals surface area contributed by atoms with Crippen molar-refractivity contribution in [3.8, 4) is 0 Å². The van der Waals surface area contributed by atoms with Gasteiger partial charge in [0.25, 0.3) is 0 Å². The molecule has 12 nitrogen and oxygen atoms in total. The summed E-state index contributed by atoms with van der Waals surface area (Å²) in [4.78, 5) is 53.5. The number of nitrogens with zero attached hydrogens (tertiary/aromatic N) is 2. The Balaban J connectivity index is 1.73. The first kappa shape index (κ1) is 33.2. The van der Waals surface area contributed by atoms with Crippen molar-refractivity contribution in [2.24, 2.45) is 0 Å². The van der Waals surface area contributed by atoms with E-state index in [2.05, 4.69) is 16.0 Å². The number of nitrogens with one attached hydrogen (secondary N) is 3. The molecule has 1 unspecified atom stereocenters. The lowest BCUT2D eigenvalue weighted by molar-refractivity contribution is -0.136. The van der Waals surface area contributed by atoms with Gasteiger partial charge in [0.05, 0.1) is 23.5 Å². The fraction of sp³-hybridized carbons (Fsp3) is 0.655. The van der Waals surface area contributed by atoms with Gasteiger partial charge < -0.3 is 25.6 Å². The summed E-state index contributed by atoms with van der Waals surface area (Å²) < 4.78 is 33.3. The van der Waals surface area contributed by atoms with Crippen molar-refractivity contribution in [1.82, 2.24) is 15.5 Å². The minimum atomic E-state index is -3.93. The molecule has 4 amide bonds. The Morgan fingerprint density at radius 2 is 1.79 bits per heavy atom. The normalized spacial score (nSPS) is 17.7. The lowest BCUT2D eigenvalue weighted by atomic mass is 10.1. The number of alkyl carbamates (subject to hydrolysis) is 1. The number of hydrogen-bond acceptors (Lipinski definition) is 7. The highest BCUT2D eigenvalue weighted by atomic mass is 32.2. The summed E-state index contributed by atoms with van der Waals surface area (Å²) in [5, 5.41) is 8.14. The van der Waals surface area contributed by atoms with Gasteiger partial charge in [-0.2, -0.15) is 0 Å². The number of carbonyl (C=O) groups excluding carboxylic acids is 4. The molecule has 0 bridgehead atoms. The van der Waals surface area contributed by atoms with Crippen LogP contribution in [0.5, 0.6) is 0 Å². The van der Waals surface area contributed by atoms with Crippen LogP contribution in [-0.4, -0.2) is 80.2 Å². The van der Waals surface area contributed by atoms with E-state index in [0.29, 0.717) is 37.3 Å². The Labute approximate surface area is 249 Å². The molecule has 2 aliphatic rings. The smallest absolute Gasteiger partial charge is 0.407 e. The maximum absolute atomic E-state index is 13.5. The van der Waals surface area contributed by atoms with Gasteiger partial charge in [-0.3, -0.25) is 18.7 Å². The molecule has 3 N–H and O–H groups in total. The van der Waals surface area contributed by atoms with Gasteiger partial charge in [0, 0.05) is 19.6 Å². The Morgan fingerprint density at radius 1 is 1.10 bits per heavy atom. The third kappa shape index (κ3) is 9.33. The fourth-order valence-corrected chi connectivity index (χ4v) is 6.85. The van der Waals surface area contributed by atoms with E-state index in [1.165, 1.54) is 0 Å². The van der Waals surface area contributed by atoms with Crippen LogP contribution in [0.2, 0.25) is 0 Å². The van der Waals surface area contributed by atoms with Gasteiger partial charge in [0.2, 0.25) is 27.7 Å². The van der Waals surface area contributed by atoms with Crippen LogP contribution in [-0.2, 0) is 29.1 Å². The van der Waals surface area contributed by atoms with E-state index in [9.17, 15) is 27.6 Å². The van der Waals surface area contributed by atoms with Crippen LogP contribution in [0, 0.1) is 0 Å². The summed E-state index contributed by atoms with van der Waals surface area (Å²) in [7, 11) is -3.93. The largest absolute Gasteiger partial charge is 0.444 e. The van der Waals surface area contributed by atoms with Gasteiger partial charge in [-0.1, -0.05) is 31.9 Å². The van der Waals surface area contributed by atoms with E-state index in [4.69, 9.17) is 4.74 Å². The zero-order valence-corrected chi connectivity index (χ0v) is 25.9. The van der Waals surface area contributed by atoms with E-state index in [-0.39, 0.29) is 24.6 Å². The molecule has 2 atom stereocenters. The van der Waals surface area contributed by atoms with Crippen LogP contribution in [0.15, 0.2) is 24.3 Å². The second-order valence-corrected chi connectivity index (χ2v) is 13.7. The van der Waals surface area contributed by atoms with E-state index in [0.717, 1.165) is 30.0 Å². The summed E-state index contributed by atoms with van der Waals surface area (Å²) >= 11 is 0. The molecule has 3 rings (SSSR count). The standard InChI is InChI=1S/C29H45N5O7S/c1-5-6-11-19-42(39,40)34-23-15-8-7-13-21(23)32-26(36)24(34)20-25(35)31-22(27(37)33-17-9-10-18-33)14-12-16-30-28(38)41-29(2,3)4/h7-8,13,15,22,24H,5-6,9-12,14,16-20H2,1-4H3,(H,30,38)(H,31,35)(H,32,36)/t22?,24-/m1/s1. The van der Waals surface area contributed by atoms with Crippen LogP contribution in [0.3, 0.4) is 0 Å². The maximum Gasteiger partial charge on any atom is 0.407 e. The zero-order valence-electron chi connectivity index (χ0n) is 25.1. The number of anilines is 2. The molecule has 1 aromatic rings. The molecule has 0 spiro atoms. The molecule has 0 aromatic heterocycles. The highest BCUT2D eigenvalue weighted by Crippen LogP contribution is 2.35. The molecule has 1 aromatic carbocycles. The van der Waals surface area contributed by atoms with Gasteiger partial charge in [-0.25, -0.2) is 13.2 Å². The van der Waals surface area contributed by atoms with Gasteiger partial charge in [-0.15, -0.1) is 0 Å². The van der Waals surface area contributed by atoms with Gasteiger partial charge in [0.15, 0.2) is 0 Å². The summed E-state index contributed by atoms with van der Waals surface area (Å²) in [5.41, 5.74) is 0.0254. The number of ether oxygens (including phenoxy) is 1. The minimum absolute atomic E-state index is 0.151. The third-order valence-corrected chi connectivity index (χ3v) is 8.91. The number of carbonyl (C=O) groups is 4. The van der Waals surface area contributed by atoms with Crippen LogP contribution in [0.25, 0.3) is 0 Å². The highest BCUT2D eigenvalue weighted by molar-refractivity contribution is 7.92. The number of likely N-dealkylation sites (tertiary alicyclic amines) is 1. The number of hydrogen-bond donors (Lipinski definition) is 3. The molecule has 1 saturated heterocycles. The second-order valence-electron chi connectivity index (χ2n) is 11.8. The summed E-state index contributed by atoms with van der Waals surface area (Å²) in [5.74, 6) is -1.60. The van der Waals surface area contributed by atoms with Crippen molar-refractivity contribution in [3.05, 3.63) is 24.3 Å². The van der Waals surface area contributed by atoms with Crippen molar-refractivity contribution < 1.29 is 32.3 Å². The number of fused-ring (bicyclic) bond motifs is 1. The van der Waals surface area contributed by atoms with Crippen LogP contribution < -0.4 is 20.3 Å². The van der Waals surface area contributed by atoms with Crippen molar-refractivity contribution >= 4 is 45.2 Å². The zero-order chi connectivity index (χ0) is 30.9. The van der Waals surface area contributed by atoms with Crippen LogP contribution in [0.4, 0.5) is 16.2 Å². The topological polar surface area (TPSA) is 154 Å². The Hall–Kier alpha value is -3.35. The van der Waals surface area contributed by atoms with Crippen molar-refractivity contribution in [3.63, 3.8) is 0 Å². The number of rotatable bonds is 13. The first-order chi connectivity index (χ1) is 19.8. The molecule has 42 heavy (non-hydrogen) atoms. The SMILES string of the molecule is CCCCCS(=O)(=O)N1c2ccccc2NC(=O)[C@H]1CC(=O)NC(CCCNC(=O)OC(C)(C)C)C(=O)N1CCCC1. The van der Waals surface area contributed by atoms with E-state index in [1.807, 2.05) is 6.92 Å². The van der Waals surface area contributed by atoms with E-state index >= 15 is 0 Å². The molecular formula is C29H45N5O7S. The molecule has 13 heteroatoms. The van der Waals surface area contributed by atoms with Crippen LogP contribution in [0.1, 0.15) is 79.1 Å². The van der Waals surface area contributed by atoms with Crippen molar-refractivity contribution in [2.45, 2.75) is 96.7 Å². The first-order valence-corrected chi connectivity index (χ1v) is 16.4. The maximum atomic E-state index is 13.5. The molecule has 2 aliphatic heterocycles. The second kappa shape index (κ2) is 14.7. The molecule has 1 fully saturated rings. The quantitative estimate of drug-likeness (QED) is 0.291. The predicted molar refractivity (Wildman–Crippen MR) is 160 cm³/mol. The average Bonchev–Trinajstić information content (AvgIpc) is 3.44. The lowest BCUT2D eigenvalue weighted by Crippen LogP contribution is -2.55. The van der Waals surface area contributed by atoms with Gasteiger partial charge in [0.1, 0.15) is 17.7 Å². The van der Waals surface area contributed by atoms with E-state index in [1.54, 1.807) is 49.9 Å². The Bertz CT molecular complexity index is 1220. The fourth-order valence-electron chi connectivity index (χ4n) is 5.07. The molecule has 2 heterocycles. The van der Waals surface area contributed by atoms with Gasteiger partial charge >= 0.3 is 6.09 Å². The summed E-state index contributed by atoms with van der Waals surface area (Å²) in [6.45, 7) is 8.66. The van der Waals surface area contributed by atoms with Gasteiger partial charge in [-0.05, 0) is 65.0 Å². The van der Waals surface area contributed by atoms with Crippen molar-refractivity contribution in [2.75, 3.05) is 35.0 Å². The average molecular weight is 608 g/mol. The predicted octanol–water partition coefficient (Wildman–Crippen LogP) is 3.14. The van der Waals surface area contributed by atoms with Crippen molar-refractivity contribution in [1.29, 1.82) is 0 Å². The number of unbranched alkanes of at least 4 members (excludes halogenated alkanes) is 2. The first-order valence-electron chi connectivity index (χ1n) is 14.8. The molecular weight excluding hydrogens is 562 g/mol. The number of benzene rings is 1. The Kier molecular flexibility index (Phi) is 11.6. The Morgan fingerprint density at radius 3 is 2.45 bits per heavy atom. The molecule has 0 aliphatic carbocycles. The molecule has 0 saturated carbocycles. The number of sulfonamides is 1. The monoisotopic (exact) mass is 607 g/mol. The van der Waals surface area contributed by atoms with Crippen LogP contribution >= 0.6 is 0 Å². The number of amides is 4. The number of para-hydroxylation sites is 2. The lowest BCUT2D eigenvalue weighted by Gasteiger charge is -2.37.